The number of benzene rings is 1. The maximum absolute atomic E-state index is 11.2. The Labute approximate surface area is 110 Å². The summed E-state index contributed by atoms with van der Waals surface area (Å²) in [6.07, 6.45) is -0.166. The predicted molar refractivity (Wildman–Crippen MR) is 66.6 cm³/mol. The number of nitrogens with zero attached hydrogens (tertiary/aromatic N) is 1. The number of rotatable bonds is 5. The summed E-state index contributed by atoms with van der Waals surface area (Å²) >= 11 is 6.02. The lowest BCUT2D eigenvalue weighted by Crippen LogP contribution is -2.21. The smallest absolute Gasteiger partial charge is 0.234 e. The molecule has 1 amide bonds. The Kier molecular flexibility index (Phi) is 5.28. The molecule has 0 atom stereocenters. The number of hydrogen-bond donors (Lipinski definition) is 1. The van der Waals surface area contributed by atoms with E-state index in [1.54, 1.807) is 18.2 Å². The van der Waals surface area contributed by atoms with E-state index in [9.17, 15) is 4.79 Å². The van der Waals surface area contributed by atoms with Crippen molar-refractivity contribution in [2.75, 3.05) is 14.2 Å². The van der Waals surface area contributed by atoms with Gasteiger partial charge in [0.25, 0.3) is 0 Å². The largest absolute Gasteiger partial charge is 0.493 e. The first-order valence-corrected chi connectivity index (χ1v) is 5.54. The highest BCUT2D eigenvalue weighted by molar-refractivity contribution is 6.32. The van der Waals surface area contributed by atoms with Gasteiger partial charge in [0.15, 0.2) is 11.5 Å². The van der Waals surface area contributed by atoms with Gasteiger partial charge in [0.2, 0.25) is 5.91 Å². The van der Waals surface area contributed by atoms with Crippen LogP contribution in [0.1, 0.15) is 12.0 Å². The number of halogens is 1. The molecule has 0 bridgehead atoms. The number of nitrogens with one attached hydrogen (secondary N) is 1. The summed E-state index contributed by atoms with van der Waals surface area (Å²) in [4.78, 5) is 11.2. The Morgan fingerprint density at radius 3 is 2.72 bits per heavy atom. The minimum atomic E-state index is -0.330. The van der Waals surface area contributed by atoms with E-state index in [0.717, 1.165) is 5.56 Å². The summed E-state index contributed by atoms with van der Waals surface area (Å²) in [7, 11) is 3.00. The number of amides is 1. The fourth-order valence-corrected chi connectivity index (χ4v) is 1.72. The number of carbonyl (C=O) groups is 1. The molecule has 1 aromatic rings. The highest BCUT2D eigenvalue weighted by atomic mass is 35.5. The van der Waals surface area contributed by atoms with E-state index in [1.807, 2.05) is 0 Å². The molecule has 0 aliphatic heterocycles. The van der Waals surface area contributed by atoms with E-state index < -0.39 is 0 Å². The first-order valence-electron chi connectivity index (χ1n) is 5.16. The van der Waals surface area contributed by atoms with Crippen LogP contribution in [0.15, 0.2) is 12.1 Å². The van der Waals surface area contributed by atoms with E-state index in [-0.39, 0.29) is 18.9 Å². The van der Waals surface area contributed by atoms with Gasteiger partial charge in [-0.3, -0.25) is 4.79 Å². The van der Waals surface area contributed by atoms with E-state index in [0.29, 0.717) is 16.5 Å². The lowest BCUT2D eigenvalue weighted by molar-refractivity contribution is -0.120. The van der Waals surface area contributed by atoms with E-state index in [1.165, 1.54) is 14.2 Å². The Hall–Kier alpha value is -1.93. The lowest BCUT2D eigenvalue weighted by Gasteiger charge is -2.12. The van der Waals surface area contributed by atoms with Crippen LogP contribution in [0.4, 0.5) is 0 Å². The second-order valence-electron chi connectivity index (χ2n) is 3.42. The molecule has 6 heteroatoms. The Morgan fingerprint density at radius 1 is 1.44 bits per heavy atom. The maximum atomic E-state index is 11.2. The molecule has 0 aliphatic rings. The first kappa shape index (κ1) is 14.1. The second-order valence-corrected chi connectivity index (χ2v) is 3.83. The van der Waals surface area contributed by atoms with Crippen LogP contribution in [0, 0.1) is 11.3 Å². The van der Waals surface area contributed by atoms with Gasteiger partial charge < -0.3 is 14.8 Å². The van der Waals surface area contributed by atoms with Gasteiger partial charge in [-0.15, -0.1) is 0 Å². The van der Waals surface area contributed by atoms with Gasteiger partial charge in [-0.05, 0) is 17.7 Å². The molecule has 0 saturated heterocycles. The maximum Gasteiger partial charge on any atom is 0.234 e. The van der Waals surface area contributed by atoms with Crippen molar-refractivity contribution in [2.24, 2.45) is 0 Å². The standard InChI is InChI=1S/C12H13ClN2O3/c1-17-10-6-8(5-9(13)12(10)18-2)7-15-11(16)3-4-14/h5-6H,3,7H2,1-2H3,(H,15,16). The van der Waals surface area contributed by atoms with Crippen molar-refractivity contribution in [3.63, 3.8) is 0 Å². The van der Waals surface area contributed by atoms with Crippen LogP contribution in [0.5, 0.6) is 11.5 Å². The molecule has 1 N–H and O–H groups in total. The summed E-state index contributed by atoms with van der Waals surface area (Å²) in [6, 6.07) is 5.17. The zero-order chi connectivity index (χ0) is 13.5. The monoisotopic (exact) mass is 268 g/mol. The normalized spacial score (nSPS) is 9.44. The molecule has 5 nitrogen and oxygen atoms in total. The Morgan fingerprint density at radius 2 is 2.17 bits per heavy atom. The number of nitriles is 1. The Balaban J connectivity index is 2.82. The van der Waals surface area contributed by atoms with Crippen LogP contribution in [0.3, 0.4) is 0 Å². The molecule has 0 fully saturated rings. The van der Waals surface area contributed by atoms with E-state index in [4.69, 9.17) is 26.3 Å². The third kappa shape index (κ3) is 3.54. The third-order valence-electron chi connectivity index (χ3n) is 2.22. The fraction of sp³-hybridized carbons (Fsp3) is 0.333. The molecular formula is C12H13ClN2O3. The summed E-state index contributed by atoms with van der Waals surface area (Å²) in [5.41, 5.74) is 0.768. The molecule has 0 aliphatic carbocycles. The van der Waals surface area contributed by atoms with Crippen LogP contribution in [0.25, 0.3) is 0 Å². The zero-order valence-electron chi connectivity index (χ0n) is 10.1. The van der Waals surface area contributed by atoms with Crippen molar-refractivity contribution in [1.82, 2.24) is 5.32 Å². The molecule has 0 saturated carbocycles. The molecule has 0 radical (unpaired) electrons. The number of hydrogen-bond acceptors (Lipinski definition) is 4. The van der Waals surface area contributed by atoms with Crippen LogP contribution >= 0.6 is 11.6 Å². The highest BCUT2D eigenvalue weighted by Gasteiger charge is 2.11. The molecule has 0 heterocycles. The fourth-order valence-electron chi connectivity index (χ4n) is 1.41. The highest BCUT2D eigenvalue weighted by Crippen LogP contribution is 2.35. The lowest BCUT2D eigenvalue weighted by atomic mass is 10.2. The zero-order valence-corrected chi connectivity index (χ0v) is 10.9. The minimum Gasteiger partial charge on any atom is -0.493 e. The molecule has 1 aromatic carbocycles. The van der Waals surface area contributed by atoms with Crippen molar-refractivity contribution in [3.05, 3.63) is 22.7 Å². The van der Waals surface area contributed by atoms with Gasteiger partial charge in [0.1, 0.15) is 6.42 Å². The topological polar surface area (TPSA) is 71.3 Å². The van der Waals surface area contributed by atoms with Crippen molar-refractivity contribution in [1.29, 1.82) is 5.26 Å². The van der Waals surface area contributed by atoms with E-state index in [2.05, 4.69) is 5.32 Å². The molecule has 0 aromatic heterocycles. The Bertz CT molecular complexity index is 483. The second kappa shape index (κ2) is 6.72. The molecule has 18 heavy (non-hydrogen) atoms. The predicted octanol–water partition coefficient (Wildman–Crippen LogP) is 1.89. The van der Waals surface area contributed by atoms with Gasteiger partial charge in [-0.1, -0.05) is 11.6 Å². The van der Waals surface area contributed by atoms with Gasteiger partial charge in [0.05, 0.1) is 25.3 Å². The molecular weight excluding hydrogens is 256 g/mol. The molecule has 1 rings (SSSR count). The van der Waals surface area contributed by atoms with Crippen molar-refractivity contribution >= 4 is 17.5 Å². The van der Waals surface area contributed by atoms with Crippen molar-refractivity contribution in [3.8, 4) is 17.6 Å². The van der Waals surface area contributed by atoms with Crippen LogP contribution < -0.4 is 14.8 Å². The summed E-state index contributed by atoms with van der Waals surface area (Å²) < 4.78 is 10.2. The average Bonchev–Trinajstić information content (AvgIpc) is 2.36. The minimum absolute atomic E-state index is 0.166. The van der Waals surface area contributed by atoms with E-state index >= 15 is 0 Å². The van der Waals surface area contributed by atoms with Crippen molar-refractivity contribution < 1.29 is 14.3 Å². The first-order chi connectivity index (χ1) is 8.62. The molecule has 0 spiro atoms. The summed E-state index contributed by atoms with van der Waals surface area (Å²) in [6.45, 7) is 0.278. The number of ether oxygens (including phenoxy) is 2. The summed E-state index contributed by atoms with van der Waals surface area (Å²) in [5, 5.41) is 11.4. The van der Waals surface area contributed by atoms with Crippen LogP contribution in [-0.4, -0.2) is 20.1 Å². The average molecular weight is 269 g/mol. The quantitative estimate of drug-likeness (QED) is 0.885. The van der Waals surface area contributed by atoms with Gasteiger partial charge in [-0.2, -0.15) is 5.26 Å². The van der Waals surface area contributed by atoms with Crippen LogP contribution in [0.2, 0.25) is 5.02 Å². The number of methoxy groups -OCH3 is 2. The van der Waals surface area contributed by atoms with Gasteiger partial charge in [-0.25, -0.2) is 0 Å². The molecule has 0 unspecified atom stereocenters. The molecule has 96 valence electrons. The number of carbonyl (C=O) groups excluding carboxylic acids is 1. The van der Waals surface area contributed by atoms with Gasteiger partial charge >= 0.3 is 0 Å². The van der Waals surface area contributed by atoms with Crippen molar-refractivity contribution in [2.45, 2.75) is 13.0 Å². The van der Waals surface area contributed by atoms with Gasteiger partial charge in [0, 0.05) is 6.54 Å². The third-order valence-corrected chi connectivity index (χ3v) is 2.50. The summed E-state index contributed by atoms with van der Waals surface area (Å²) in [5.74, 6) is 0.615. The SMILES string of the molecule is COc1cc(CNC(=O)CC#N)cc(Cl)c1OC. The van der Waals surface area contributed by atoms with Crippen LogP contribution in [-0.2, 0) is 11.3 Å².